The van der Waals surface area contributed by atoms with Crippen molar-refractivity contribution in [2.45, 2.75) is 32.7 Å². The van der Waals surface area contributed by atoms with Crippen LogP contribution in [0.2, 0.25) is 0 Å². The first kappa shape index (κ1) is 14.4. The molecule has 88 valence electrons. The molecule has 0 aromatic carbocycles. The fourth-order valence-electron chi connectivity index (χ4n) is 0.897. The van der Waals surface area contributed by atoms with Crippen LogP contribution in [0.4, 0.5) is 0 Å². The molecule has 0 amide bonds. The lowest BCUT2D eigenvalue weighted by molar-refractivity contribution is -0.151. The quantitative estimate of drug-likeness (QED) is 0.526. The van der Waals surface area contributed by atoms with Gasteiger partial charge in [0.1, 0.15) is 12.2 Å². The van der Waals surface area contributed by atoms with E-state index in [1.807, 2.05) is 6.92 Å². The van der Waals surface area contributed by atoms with Gasteiger partial charge >= 0.3 is 0 Å². The van der Waals surface area contributed by atoms with Gasteiger partial charge in [-0.1, -0.05) is 11.8 Å². The minimum Gasteiger partial charge on any atom is -0.375 e. The Morgan fingerprint density at radius 3 is 2.60 bits per heavy atom. The first-order valence-electron chi connectivity index (χ1n) is 4.96. The number of hydrogen-bond acceptors (Lipinski definition) is 4. The second-order valence-corrected chi connectivity index (χ2v) is 3.34. The van der Waals surface area contributed by atoms with Gasteiger partial charge in [-0.3, -0.25) is 0 Å². The van der Waals surface area contributed by atoms with E-state index in [2.05, 4.69) is 11.8 Å². The van der Waals surface area contributed by atoms with Crippen LogP contribution in [-0.2, 0) is 14.2 Å². The van der Waals surface area contributed by atoms with E-state index >= 15 is 0 Å². The molecule has 0 fully saturated rings. The Hall–Kier alpha value is -0.600. The molecule has 0 radical (unpaired) electrons. The topological polar surface area (TPSA) is 47.9 Å². The molecule has 4 heteroatoms. The van der Waals surface area contributed by atoms with Crippen molar-refractivity contribution in [3.05, 3.63) is 0 Å². The number of methoxy groups -OCH3 is 1. The van der Waals surface area contributed by atoms with Gasteiger partial charge in [-0.2, -0.15) is 0 Å². The van der Waals surface area contributed by atoms with Gasteiger partial charge in [0.05, 0.1) is 6.61 Å². The summed E-state index contributed by atoms with van der Waals surface area (Å²) in [5.74, 6) is 5.35. The van der Waals surface area contributed by atoms with Gasteiger partial charge in [0.2, 0.25) is 0 Å². The van der Waals surface area contributed by atoms with Crippen molar-refractivity contribution < 1.29 is 19.3 Å². The molecule has 0 aliphatic heterocycles. The summed E-state index contributed by atoms with van der Waals surface area (Å²) in [4.78, 5) is 0. The van der Waals surface area contributed by atoms with Gasteiger partial charge < -0.3 is 19.3 Å². The molecule has 0 saturated carbocycles. The molecule has 0 bridgehead atoms. The van der Waals surface area contributed by atoms with Crippen LogP contribution in [0.15, 0.2) is 0 Å². The van der Waals surface area contributed by atoms with Crippen molar-refractivity contribution in [1.82, 2.24) is 0 Å². The molecule has 0 aromatic rings. The van der Waals surface area contributed by atoms with Gasteiger partial charge in [0.25, 0.3) is 0 Å². The second-order valence-electron chi connectivity index (χ2n) is 3.34. The van der Waals surface area contributed by atoms with Crippen molar-refractivity contribution in [3.63, 3.8) is 0 Å². The molecule has 15 heavy (non-hydrogen) atoms. The number of hydrogen-bond donors (Lipinski definition) is 1. The van der Waals surface area contributed by atoms with Crippen LogP contribution in [-0.4, -0.2) is 43.9 Å². The number of aliphatic hydroxyl groups is 1. The molecule has 0 aliphatic rings. The highest BCUT2D eigenvalue weighted by atomic mass is 16.7. The molecule has 1 N–H and O–H groups in total. The average molecular weight is 216 g/mol. The largest absolute Gasteiger partial charge is 0.375 e. The zero-order chi connectivity index (χ0) is 11.7. The summed E-state index contributed by atoms with van der Waals surface area (Å²) in [5, 5.41) is 9.75. The number of rotatable bonds is 6. The SMILES string of the molecule is CCOC(C)OCC(C)(O)C#CCOC. The lowest BCUT2D eigenvalue weighted by atomic mass is 10.1. The van der Waals surface area contributed by atoms with E-state index in [9.17, 15) is 5.11 Å². The highest BCUT2D eigenvalue weighted by molar-refractivity contribution is 5.12. The van der Waals surface area contributed by atoms with Crippen molar-refractivity contribution in [1.29, 1.82) is 0 Å². The van der Waals surface area contributed by atoms with Crippen LogP contribution in [0.1, 0.15) is 20.8 Å². The lowest BCUT2D eigenvalue weighted by Gasteiger charge is -2.20. The Morgan fingerprint density at radius 2 is 2.07 bits per heavy atom. The maximum atomic E-state index is 9.75. The molecule has 0 spiro atoms. The lowest BCUT2D eigenvalue weighted by Crippen LogP contribution is -2.31. The summed E-state index contributed by atoms with van der Waals surface area (Å²) in [6.45, 7) is 6.26. The fourth-order valence-corrected chi connectivity index (χ4v) is 0.897. The third kappa shape index (κ3) is 8.40. The molecule has 0 heterocycles. The predicted molar refractivity (Wildman–Crippen MR) is 57.3 cm³/mol. The summed E-state index contributed by atoms with van der Waals surface area (Å²) in [6, 6.07) is 0. The Kier molecular flexibility index (Phi) is 7.35. The highest BCUT2D eigenvalue weighted by Gasteiger charge is 2.18. The average Bonchev–Trinajstić information content (AvgIpc) is 2.16. The normalized spacial score (nSPS) is 16.3. The fraction of sp³-hybridized carbons (Fsp3) is 0.818. The molecule has 0 aromatic heterocycles. The maximum Gasteiger partial charge on any atom is 0.154 e. The summed E-state index contributed by atoms with van der Waals surface area (Å²) in [6.07, 6.45) is -0.328. The van der Waals surface area contributed by atoms with Crippen LogP contribution >= 0.6 is 0 Å². The Morgan fingerprint density at radius 1 is 1.40 bits per heavy atom. The summed E-state index contributed by atoms with van der Waals surface area (Å²) < 4.78 is 15.2. The Balaban J connectivity index is 3.88. The predicted octanol–water partition coefficient (Wildman–Crippen LogP) is 0.786. The first-order chi connectivity index (χ1) is 7.02. The van der Waals surface area contributed by atoms with Gasteiger partial charge in [-0.05, 0) is 20.8 Å². The third-order valence-electron chi connectivity index (χ3n) is 1.57. The highest BCUT2D eigenvalue weighted by Crippen LogP contribution is 2.04. The molecule has 0 aliphatic carbocycles. The van der Waals surface area contributed by atoms with E-state index in [1.165, 1.54) is 0 Å². The summed E-state index contributed by atoms with van der Waals surface area (Å²) in [7, 11) is 1.55. The Labute approximate surface area is 91.5 Å². The number of ether oxygens (including phenoxy) is 3. The van der Waals surface area contributed by atoms with E-state index in [0.29, 0.717) is 13.2 Å². The Bertz CT molecular complexity index is 214. The van der Waals surface area contributed by atoms with Crippen LogP contribution < -0.4 is 0 Å². The molecule has 0 rings (SSSR count). The summed E-state index contributed by atoms with van der Waals surface area (Å²) >= 11 is 0. The van der Waals surface area contributed by atoms with Crippen LogP contribution in [0, 0.1) is 11.8 Å². The van der Waals surface area contributed by atoms with Crippen LogP contribution in [0.3, 0.4) is 0 Å². The standard InChI is InChI=1S/C11H20O4/c1-5-14-10(2)15-9-11(3,12)7-6-8-13-4/h10,12H,5,8-9H2,1-4H3. The third-order valence-corrected chi connectivity index (χ3v) is 1.57. The molecule has 4 nitrogen and oxygen atoms in total. The molecule has 2 atom stereocenters. The minimum atomic E-state index is -1.16. The minimum absolute atomic E-state index is 0.116. The first-order valence-corrected chi connectivity index (χ1v) is 4.96. The van der Waals surface area contributed by atoms with Gasteiger partial charge in [0, 0.05) is 13.7 Å². The maximum absolute atomic E-state index is 9.75. The summed E-state index contributed by atoms with van der Waals surface area (Å²) in [5.41, 5.74) is -1.16. The monoisotopic (exact) mass is 216 g/mol. The van der Waals surface area contributed by atoms with Gasteiger partial charge in [0.15, 0.2) is 6.29 Å². The molecule has 2 unspecified atom stereocenters. The van der Waals surface area contributed by atoms with E-state index in [4.69, 9.17) is 14.2 Å². The van der Waals surface area contributed by atoms with E-state index in [1.54, 1.807) is 21.0 Å². The van der Waals surface area contributed by atoms with Crippen LogP contribution in [0.5, 0.6) is 0 Å². The van der Waals surface area contributed by atoms with E-state index in [-0.39, 0.29) is 12.9 Å². The van der Waals surface area contributed by atoms with Gasteiger partial charge in [-0.25, -0.2) is 0 Å². The zero-order valence-corrected chi connectivity index (χ0v) is 9.87. The zero-order valence-electron chi connectivity index (χ0n) is 9.87. The molecular weight excluding hydrogens is 196 g/mol. The smallest absolute Gasteiger partial charge is 0.154 e. The second kappa shape index (κ2) is 7.66. The van der Waals surface area contributed by atoms with Crippen molar-refractivity contribution in [2.24, 2.45) is 0 Å². The molecular formula is C11H20O4. The van der Waals surface area contributed by atoms with Gasteiger partial charge in [-0.15, -0.1) is 0 Å². The van der Waals surface area contributed by atoms with Crippen LogP contribution in [0.25, 0.3) is 0 Å². The molecule has 0 saturated heterocycles. The van der Waals surface area contributed by atoms with Crippen molar-refractivity contribution >= 4 is 0 Å². The van der Waals surface area contributed by atoms with E-state index < -0.39 is 5.60 Å². The van der Waals surface area contributed by atoms with Crippen molar-refractivity contribution in [3.8, 4) is 11.8 Å². The van der Waals surface area contributed by atoms with E-state index in [0.717, 1.165) is 0 Å². The van der Waals surface area contributed by atoms with Crippen molar-refractivity contribution in [2.75, 3.05) is 26.9 Å².